The highest BCUT2D eigenvalue weighted by atomic mass is 35.5. The van der Waals surface area contributed by atoms with E-state index in [2.05, 4.69) is 5.32 Å². The normalized spacial score (nSPS) is 11.9. The minimum atomic E-state index is -4.23. The van der Waals surface area contributed by atoms with Gasteiger partial charge in [-0.05, 0) is 68.3 Å². The number of methoxy groups -OCH3 is 1. The molecule has 0 spiro atoms. The van der Waals surface area contributed by atoms with Crippen LogP contribution in [0, 0.1) is 6.92 Å². The van der Waals surface area contributed by atoms with Crippen LogP contribution in [0.2, 0.25) is 10.0 Å². The average Bonchev–Trinajstić information content (AvgIpc) is 2.91. The number of rotatable bonds is 12. The monoisotopic (exact) mass is 605 g/mol. The predicted molar refractivity (Wildman–Crippen MR) is 158 cm³/mol. The lowest BCUT2D eigenvalue weighted by Crippen LogP contribution is -2.52. The third kappa shape index (κ3) is 7.68. The first-order chi connectivity index (χ1) is 19.0. The Balaban J connectivity index is 2.08. The molecule has 0 heterocycles. The number of aryl methyl sites for hydroxylation is 1. The summed E-state index contributed by atoms with van der Waals surface area (Å²) in [5.41, 5.74) is 1.75. The van der Waals surface area contributed by atoms with Gasteiger partial charge in [-0.2, -0.15) is 0 Å². The van der Waals surface area contributed by atoms with Crippen LogP contribution in [0.4, 0.5) is 5.69 Å². The number of benzene rings is 3. The van der Waals surface area contributed by atoms with Crippen LogP contribution in [-0.4, -0.2) is 51.4 Å². The lowest BCUT2D eigenvalue weighted by Gasteiger charge is -2.33. The molecule has 0 bridgehead atoms. The molecule has 0 saturated carbocycles. The molecule has 0 fully saturated rings. The largest absolute Gasteiger partial charge is 0.497 e. The standard InChI is InChI=1S/C29H33Cl2N3O5S/c1-5-27(29(36)32-6-2)33(18-21-9-11-25(39-4)12-10-21)28(35)19-34(24-16-22(30)15-23(31)17-24)40(37,38)26-13-7-20(3)8-14-26/h7-17,27H,5-6,18-19H2,1-4H3,(H,32,36). The molecular formula is C29H33Cl2N3O5S. The van der Waals surface area contributed by atoms with Crippen LogP contribution >= 0.6 is 23.2 Å². The van der Waals surface area contributed by atoms with Crippen LogP contribution in [0.1, 0.15) is 31.4 Å². The summed E-state index contributed by atoms with van der Waals surface area (Å²) in [5.74, 6) is -0.253. The van der Waals surface area contributed by atoms with Crippen molar-refractivity contribution in [3.63, 3.8) is 0 Å². The Bertz CT molecular complexity index is 1410. The van der Waals surface area contributed by atoms with Crippen molar-refractivity contribution in [3.8, 4) is 5.75 Å². The van der Waals surface area contributed by atoms with Gasteiger partial charge in [0.2, 0.25) is 11.8 Å². The van der Waals surface area contributed by atoms with E-state index < -0.39 is 28.5 Å². The van der Waals surface area contributed by atoms with E-state index in [4.69, 9.17) is 27.9 Å². The fourth-order valence-corrected chi connectivity index (χ4v) is 6.10. The average molecular weight is 607 g/mol. The molecule has 0 aromatic heterocycles. The van der Waals surface area contributed by atoms with Crippen LogP contribution < -0.4 is 14.4 Å². The van der Waals surface area contributed by atoms with Gasteiger partial charge in [0.05, 0.1) is 17.7 Å². The Hall–Kier alpha value is -3.27. The molecule has 1 atom stereocenters. The van der Waals surface area contributed by atoms with Crippen LogP contribution in [0.3, 0.4) is 0 Å². The second-order valence-corrected chi connectivity index (χ2v) is 11.9. The molecule has 40 heavy (non-hydrogen) atoms. The van der Waals surface area contributed by atoms with Gasteiger partial charge in [-0.1, -0.05) is 60.0 Å². The van der Waals surface area contributed by atoms with E-state index >= 15 is 0 Å². The fraction of sp³-hybridized carbons (Fsp3) is 0.310. The number of halogens is 2. The molecular weight excluding hydrogens is 573 g/mol. The number of sulfonamides is 1. The van der Waals surface area contributed by atoms with Gasteiger partial charge in [-0.25, -0.2) is 8.42 Å². The maximum Gasteiger partial charge on any atom is 0.264 e. The van der Waals surface area contributed by atoms with Crippen molar-refractivity contribution in [2.75, 3.05) is 24.5 Å². The Morgan fingerprint density at radius 2 is 1.55 bits per heavy atom. The van der Waals surface area contributed by atoms with Crippen molar-refractivity contribution >= 4 is 50.7 Å². The van der Waals surface area contributed by atoms with Crippen LogP contribution in [0.15, 0.2) is 71.6 Å². The zero-order valence-corrected chi connectivity index (χ0v) is 25.2. The lowest BCUT2D eigenvalue weighted by atomic mass is 10.1. The Kier molecular flexibility index (Phi) is 10.8. The smallest absolute Gasteiger partial charge is 0.264 e. The minimum Gasteiger partial charge on any atom is -0.497 e. The SMILES string of the molecule is CCNC(=O)C(CC)N(Cc1ccc(OC)cc1)C(=O)CN(c1cc(Cl)cc(Cl)c1)S(=O)(=O)c1ccc(C)cc1. The number of carbonyl (C=O) groups excluding carboxylic acids is 2. The first-order valence-corrected chi connectivity index (χ1v) is 14.9. The first kappa shape index (κ1) is 31.3. The van der Waals surface area contributed by atoms with Crippen molar-refractivity contribution in [2.24, 2.45) is 0 Å². The summed E-state index contributed by atoms with van der Waals surface area (Å²) in [6.45, 7) is 5.31. The maximum atomic E-state index is 14.0. The topological polar surface area (TPSA) is 96.0 Å². The number of hydrogen-bond acceptors (Lipinski definition) is 5. The number of hydrogen-bond donors (Lipinski definition) is 1. The number of nitrogens with zero attached hydrogens (tertiary/aromatic N) is 2. The molecule has 0 radical (unpaired) electrons. The van der Waals surface area contributed by atoms with Crippen molar-refractivity contribution in [3.05, 3.63) is 87.9 Å². The zero-order valence-electron chi connectivity index (χ0n) is 22.9. The van der Waals surface area contributed by atoms with Gasteiger partial charge < -0.3 is 15.0 Å². The Labute approximate surface area is 245 Å². The van der Waals surface area contributed by atoms with Gasteiger partial charge in [-0.3, -0.25) is 13.9 Å². The van der Waals surface area contributed by atoms with E-state index in [-0.39, 0.29) is 33.1 Å². The third-order valence-electron chi connectivity index (χ3n) is 6.27. The predicted octanol–water partition coefficient (Wildman–Crippen LogP) is 5.45. The fourth-order valence-electron chi connectivity index (χ4n) is 4.19. The van der Waals surface area contributed by atoms with Gasteiger partial charge in [0.1, 0.15) is 18.3 Å². The first-order valence-electron chi connectivity index (χ1n) is 12.8. The maximum absolute atomic E-state index is 14.0. The summed E-state index contributed by atoms with van der Waals surface area (Å²) in [6, 6.07) is 16.9. The summed E-state index contributed by atoms with van der Waals surface area (Å²) in [4.78, 5) is 28.4. The molecule has 0 aliphatic heterocycles. The van der Waals surface area contributed by atoms with Gasteiger partial charge in [0, 0.05) is 23.1 Å². The molecule has 2 amide bonds. The van der Waals surface area contributed by atoms with Crippen LogP contribution in [-0.2, 0) is 26.2 Å². The lowest BCUT2D eigenvalue weighted by molar-refractivity contribution is -0.140. The Morgan fingerprint density at radius 3 is 2.08 bits per heavy atom. The van der Waals surface area contributed by atoms with Gasteiger partial charge >= 0.3 is 0 Å². The molecule has 8 nitrogen and oxygen atoms in total. The molecule has 1 unspecified atom stereocenters. The van der Waals surface area contributed by atoms with Crippen molar-refractivity contribution < 1.29 is 22.7 Å². The molecule has 3 aromatic rings. The Morgan fingerprint density at radius 1 is 0.950 bits per heavy atom. The van der Waals surface area contributed by atoms with E-state index in [0.717, 1.165) is 15.4 Å². The van der Waals surface area contributed by atoms with Crippen molar-refractivity contribution in [1.29, 1.82) is 0 Å². The molecule has 214 valence electrons. The van der Waals surface area contributed by atoms with E-state index in [1.165, 1.54) is 35.2 Å². The van der Waals surface area contributed by atoms with Crippen LogP contribution in [0.25, 0.3) is 0 Å². The van der Waals surface area contributed by atoms with Crippen molar-refractivity contribution in [2.45, 2.75) is 44.7 Å². The minimum absolute atomic E-state index is 0.000491. The van der Waals surface area contributed by atoms with E-state index in [9.17, 15) is 18.0 Å². The molecule has 1 N–H and O–H groups in total. The molecule has 0 aliphatic carbocycles. The highest BCUT2D eigenvalue weighted by Gasteiger charge is 2.33. The second kappa shape index (κ2) is 13.9. The summed E-state index contributed by atoms with van der Waals surface area (Å²) in [7, 11) is -2.67. The van der Waals surface area contributed by atoms with Crippen molar-refractivity contribution in [1.82, 2.24) is 10.2 Å². The molecule has 3 rings (SSSR count). The summed E-state index contributed by atoms with van der Waals surface area (Å²) in [6.07, 6.45) is 0.321. The summed E-state index contributed by atoms with van der Waals surface area (Å²) < 4.78 is 34.0. The number of nitrogens with one attached hydrogen (secondary N) is 1. The van der Waals surface area contributed by atoms with Gasteiger partial charge in [0.25, 0.3) is 10.0 Å². The number of anilines is 1. The number of carbonyl (C=O) groups is 2. The summed E-state index contributed by atoms with van der Waals surface area (Å²) >= 11 is 12.5. The van der Waals surface area contributed by atoms with E-state index in [0.29, 0.717) is 18.7 Å². The van der Waals surface area contributed by atoms with E-state index in [1.807, 2.05) is 6.92 Å². The van der Waals surface area contributed by atoms with E-state index in [1.54, 1.807) is 57.4 Å². The second-order valence-electron chi connectivity index (χ2n) is 9.14. The molecule has 0 saturated heterocycles. The molecule has 0 aliphatic rings. The number of amides is 2. The zero-order chi connectivity index (χ0) is 29.4. The summed E-state index contributed by atoms with van der Waals surface area (Å²) in [5, 5.41) is 3.20. The highest BCUT2D eigenvalue weighted by Crippen LogP contribution is 2.30. The third-order valence-corrected chi connectivity index (χ3v) is 8.50. The number of likely N-dealkylation sites (N-methyl/N-ethyl adjacent to an activating group) is 1. The quantitative estimate of drug-likeness (QED) is 0.296. The van der Waals surface area contributed by atoms with Gasteiger partial charge in [-0.15, -0.1) is 0 Å². The molecule has 11 heteroatoms. The molecule has 3 aromatic carbocycles. The van der Waals surface area contributed by atoms with Gasteiger partial charge in [0.15, 0.2) is 0 Å². The highest BCUT2D eigenvalue weighted by molar-refractivity contribution is 7.92. The van der Waals surface area contributed by atoms with Crippen LogP contribution in [0.5, 0.6) is 5.75 Å². The number of ether oxygens (including phenoxy) is 1.